The highest BCUT2D eigenvalue weighted by molar-refractivity contribution is 6.36. The van der Waals surface area contributed by atoms with E-state index in [-0.39, 0.29) is 27.9 Å². The summed E-state index contributed by atoms with van der Waals surface area (Å²) in [5, 5.41) is 11.8. The molecule has 1 aliphatic heterocycles. The van der Waals surface area contributed by atoms with Crippen molar-refractivity contribution in [2.24, 2.45) is 4.99 Å². The quantitative estimate of drug-likeness (QED) is 0.200. The van der Waals surface area contributed by atoms with Gasteiger partial charge in [-0.25, -0.2) is 9.79 Å². The summed E-state index contributed by atoms with van der Waals surface area (Å²) in [6.45, 7) is 0. The van der Waals surface area contributed by atoms with Crippen molar-refractivity contribution in [2.75, 3.05) is 0 Å². The van der Waals surface area contributed by atoms with Crippen LogP contribution in [0.3, 0.4) is 0 Å². The molecular weight excluding hydrogens is 455 g/mol. The van der Waals surface area contributed by atoms with Crippen LogP contribution in [0.2, 0.25) is 15.1 Å². The molecule has 1 aliphatic rings. The molecule has 3 aromatic rings. The van der Waals surface area contributed by atoms with E-state index in [1.807, 2.05) is 0 Å². The summed E-state index contributed by atoms with van der Waals surface area (Å²) in [6, 6.07) is 12.1. The number of nitrogens with zero attached hydrogens (tertiary/aromatic N) is 2. The summed E-state index contributed by atoms with van der Waals surface area (Å²) in [7, 11) is 0. The predicted molar refractivity (Wildman–Crippen MR) is 113 cm³/mol. The van der Waals surface area contributed by atoms with Crippen LogP contribution in [0.1, 0.15) is 11.3 Å². The first-order valence-electron chi connectivity index (χ1n) is 8.34. The van der Waals surface area contributed by atoms with Gasteiger partial charge < -0.3 is 9.15 Å². The minimum Gasteiger partial charge on any atom is -0.457 e. The molecule has 0 atom stereocenters. The number of hydrogen-bond donors (Lipinski definition) is 0. The molecule has 0 saturated carbocycles. The molecule has 0 fully saturated rings. The third kappa shape index (κ3) is 3.95. The monoisotopic (exact) mass is 462 g/mol. The molecular formula is C20H9Cl3N2O5. The van der Waals surface area contributed by atoms with Gasteiger partial charge in [-0.15, -0.1) is 0 Å². The number of nitro benzene ring substituents is 1. The summed E-state index contributed by atoms with van der Waals surface area (Å²) in [4.78, 5) is 26.6. The van der Waals surface area contributed by atoms with Crippen LogP contribution in [-0.4, -0.2) is 16.8 Å². The van der Waals surface area contributed by atoms with E-state index in [4.69, 9.17) is 44.0 Å². The number of carbonyl (C=O) groups excluding carboxylic acids is 1. The summed E-state index contributed by atoms with van der Waals surface area (Å²) in [5.74, 6) is 0.0702. The van der Waals surface area contributed by atoms with Gasteiger partial charge in [0, 0.05) is 28.8 Å². The third-order valence-electron chi connectivity index (χ3n) is 4.12. The number of rotatable bonds is 4. The number of nitro groups is 1. The van der Waals surface area contributed by atoms with Crippen LogP contribution in [0.4, 0.5) is 5.69 Å². The van der Waals surface area contributed by atoms with E-state index in [0.29, 0.717) is 27.1 Å². The molecule has 0 unspecified atom stereocenters. The number of cyclic esters (lactones) is 1. The third-order valence-corrected chi connectivity index (χ3v) is 4.98. The van der Waals surface area contributed by atoms with Gasteiger partial charge in [0.2, 0.25) is 5.90 Å². The molecule has 0 N–H and O–H groups in total. The first-order valence-corrected chi connectivity index (χ1v) is 9.47. The summed E-state index contributed by atoms with van der Waals surface area (Å²) < 4.78 is 10.9. The Kier molecular flexibility index (Phi) is 5.34. The minimum absolute atomic E-state index is 0.0116. The van der Waals surface area contributed by atoms with E-state index < -0.39 is 10.9 Å². The maximum absolute atomic E-state index is 12.2. The number of furan rings is 1. The normalized spacial score (nSPS) is 14.7. The first kappa shape index (κ1) is 20.2. The number of hydrogen-bond acceptors (Lipinski definition) is 6. The van der Waals surface area contributed by atoms with Crippen LogP contribution in [0, 0.1) is 10.1 Å². The largest absolute Gasteiger partial charge is 0.457 e. The molecule has 30 heavy (non-hydrogen) atoms. The summed E-state index contributed by atoms with van der Waals surface area (Å²) in [5.41, 5.74) is 0.699. The number of non-ortho nitro benzene ring substituents is 1. The van der Waals surface area contributed by atoms with Gasteiger partial charge in [-0.05, 0) is 36.4 Å². The Labute approximate surface area is 184 Å². The molecule has 0 spiro atoms. The van der Waals surface area contributed by atoms with Gasteiger partial charge in [0.25, 0.3) is 5.69 Å². The number of aliphatic imine (C=N–C) groups is 1. The van der Waals surface area contributed by atoms with E-state index in [9.17, 15) is 14.9 Å². The number of halogens is 3. The van der Waals surface area contributed by atoms with E-state index in [2.05, 4.69) is 4.99 Å². The van der Waals surface area contributed by atoms with Gasteiger partial charge in [-0.3, -0.25) is 10.1 Å². The van der Waals surface area contributed by atoms with E-state index in [1.54, 1.807) is 30.3 Å². The topological polar surface area (TPSA) is 94.9 Å². The predicted octanol–water partition coefficient (Wildman–Crippen LogP) is 6.16. The van der Waals surface area contributed by atoms with Crippen molar-refractivity contribution in [3.63, 3.8) is 0 Å². The Morgan fingerprint density at radius 3 is 2.40 bits per heavy atom. The van der Waals surface area contributed by atoms with Crippen LogP contribution in [0.5, 0.6) is 0 Å². The van der Waals surface area contributed by atoms with E-state index in [1.165, 1.54) is 18.2 Å². The van der Waals surface area contributed by atoms with Crippen LogP contribution >= 0.6 is 34.8 Å². The average Bonchev–Trinajstić information content (AvgIpc) is 3.29. The fourth-order valence-corrected chi connectivity index (χ4v) is 3.47. The SMILES string of the molecule is O=C1OC(c2ccc([N+](=O)[O-])cc2Cl)=N/C1=C\c1ccc(-c2ccc(Cl)cc2Cl)o1. The highest BCUT2D eigenvalue weighted by Gasteiger charge is 2.27. The fraction of sp³-hybridized carbons (Fsp3) is 0. The standard InChI is InChI=1S/C20H9Cl3N2O5/c21-10-1-4-13(15(22)7-10)18-6-3-12(29-18)9-17-20(26)30-19(24-17)14-5-2-11(25(27)28)8-16(14)23/h1-9H/b17-9-. The van der Waals surface area contributed by atoms with Crippen molar-refractivity contribution in [1.29, 1.82) is 0 Å². The van der Waals surface area contributed by atoms with Crippen LogP contribution in [0.25, 0.3) is 17.4 Å². The molecule has 2 aromatic carbocycles. The number of ether oxygens (including phenoxy) is 1. The van der Waals surface area contributed by atoms with Crippen molar-refractivity contribution in [3.8, 4) is 11.3 Å². The van der Waals surface area contributed by atoms with E-state index >= 15 is 0 Å². The van der Waals surface area contributed by atoms with Gasteiger partial charge in [-0.2, -0.15) is 0 Å². The zero-order valence-corrected chi connectivity index (χ0v) is 17.0. The molecule has 150 valence electrons. The van der Waals surface area contributed by atoms with Crippen molar-refractivity contribution in [1.82, 2.24) is 0 Å². The molecule has 1 aromatic heterocycles. The second kappa shape index (κ2) is 7.95. The second-order valence-corrected chi connectivity index (χ2v) is 7.33. The Balaban J connectivity index is 1.63. The Morgan fingerprint density at radius 1 is 0.967 bits per heavy atom. The van der Waals surface area contributed by atoms with Crippen molar-refractivity contribution < 1.29 is 18.9 Å². The Morgan fingerprint density at radius 2 is 1.70 bits per heavy atom. The Hall–Kier alpha value is -3.13. The number of carbonyl (C=O) groups is 1. The average molecular weight is 464 g/mol. The van der Waals surface area contributed by atoms with Gasteiger partial charge in [-0.1, -0.05) is 34.8 Å². The summed E-state index contributed by atoms with van der Waals surface area (Å²) >= 11 is 18.2. The van der Waals surface area contributed by atoms with Crippen molar-refractivity contribution in [2.45, 2.75) is 0 Å². The Bertz CT molecular complexity index is 1260. The van der Waals surface area contributed by atoms with Crippen LogP contribution in [0.15, 0.2) is 63.6 Å². The highest BCUT2D eigenvalue weighted by Crippen LogP contribution is 2.33. The lowest BCUT2D eigenvalue weighted by Crippen LogP contribution is -2.06. The fourth-order valence-electron chi connectivity index (χ4n) is 2.71. The lowest BCUT2D eigenvalue weighted by molar-refractivity contribution is -0.384. The molecule has 10 heteroatoms. The molecule has 0 aliphatic carbocycles. The number of esters is 1. The van der Waals surface area contributed by atoms with Gasteiger partial charge >= 0.3 is 5.97 Å². The first-order chi connectivity index (χ1) is 14.3. The molecule has 2 heterocycles. The molecule has 0 saturated heterocycles. The maximum Gasteiger partial charge on any atom is 0.363 e. The van der Waals surface area contributed by atoms with Gasteiger partial charge in [0.15, 0.2) is 5.70 Å². The number of benzene rings is 2. The van der Waals surface area contributed by atoms with Crippen LogP contribution < -0.4 is 0 Å². The zero-order valence-electron chi connectivity index (χ0n) is 14.8. The smallest absolute Gasteiger partial charge is 0.363 e. The zero-order chi connectivity index (χ0) is 21.4. The second-order valence-electron chi connectivity index (χ2n) is 6.08. The van der Waals surface area contributed by atoms with Gasteiger partial charge in [0.05, 0.1) is 20.5 Å². The molecule has 0 amide bonds. The summed E-state index contributed by atoms with van der Waals surface area (Å²) in [6.07, 6.45) is 1.40. The molecule has 4 rings (SSSR count). The van der Waals surface area contributed by atoms with Gasteiger partial charge in [0.1, 0.15) is 11.5 Å². The molecule has 7 nitrogen and oxygen atoms in total. The van der Waals surface area contributed by atoms with Crippen molar-refractivity contribution >= 4 is 58.4 Å². The minimum atomic E-state index is -0.707. The van der Waals surface area contributed by atoms with Crippen LogP contribution in [-0.2, 0) is 9.53 Å². The highest BCUT2D eigenvalue weighted by atomic mass is 35.5. The maximum atomic E-state index is 12.2. The van der Waals surface area contributed by atoms with Crippen molar-refractivity contribution in [3.05, 3.63) is 90.7 Å². The molecule has 0 radical (unpaired) electrons. The lowest BCUT2D eigenvalue weighted by atomic mass is 10.2. The lowest BCUT2D eigenvalue weighted by Gasteiger charge is -2.02. The molecule has 0 bridgehead atoms. The van der Waals surface area contributed by atoms with E-state index in [0.717, 1.165) is 6.07 Å².